The Labute approximate surface area is 103 Å². The molecule has 0 N–H and O–H groups in total. The highest BCUT2D eigenvalue weighted by Gasteiger charge is 2.43. The number of methoxy groups -OCH3 is 2. The quantitative estimate of drug-likeness (QED) is 0.594. The second-order valence-electron chi connectivity index (χ2n) is 4.12. The molecule has 0 radical (unpaired) electrons. The van der Waals surface area contributed by atoms with Crippen LogP contribution < -0.4 is 0 Å². The van der Waals surface area contributed by atoms with Gasteiger partial charge in [0.1, 0.15) is 0 Å². The molecule has 1 aromatic heterocycles. The zero-order chi connectivity index (χ0) is 11.9. The predicted octanol–water partition coefficient (Wildman–Crippen LogP) is 2.23. The van der Waals surface area contributed by atoms with E-state index in [1.807, 2.05) is 6.07 Å². The second-order valence-corrected chi connectivity index (χ2v) is 5.41. The maximum absolute atomic E-state index is 5.73. The lowest BCUT2D eigenvalue weighted by molar-refractivity contribution is -0.178. The number of ether oxygens (including phenoxy) is 2. The van der Waals surface area contributed by atoms with Crippen LogP contribution in [0, 0.1) is 0 Å². The first-order valence-electron chi connectivity index (χ1n) is 5.63. The van der Waals surface area contributed by atoms with E-state index in [-0.39, 0.29) is 9.12 Å². The molecule has 3 heteroatoms. The van der Waals surface area contributed by atoms with E-state index in [0.717, 1.165) is 5.56 Å². The van der Waals surface area contributed by atoms with Crippen molar-refractivity contribution in [2.75, 3.05) is 14.2 Å². The van der Waals surface area contributed by atoms with Gasteiger partial charge in [0.15, 0.2) is 0 Å². The van der Waals surface area contributed by atoms with E-state index in [4.69, 9.17) is 9.47 Å². The molecule has 3 rings (SSSR count). The van der Waals surface area contributed by atoms with Crippen molar-refractivity contribution in [3.8, 4) is 11.1 Å². The summed E-state index contributed by atoms with van der Waals surface area (Å²) >= 11 is 0. The number of rotatable bonds is 2. The fourth-order valence-corrected chi connectivity index (χ4v) is 4.13. The van der Waals surface area contributed by atoms with Gasteiger partial charge in [0.25, 0.3) is 0 Å². The average molecular weight is 242 g/mol. The molecule has 1 heterocycles. The summed E-state index contributed by atoms with van der Waals surface area (Å²) in [5, 5.41) is 1.28. The minimum Gasteiger partial charge on any atom is -0.346 e. The first kappa shape index (κ1) is 10.8. The predicted molar refractivity (Wildman–Crippen MR) is 69.4 cm³/mol. The maximum Gasteiger partial charge on any atom is 0.218 e. The molecule has 0 spiro atoms. The van der Waals surface area contributed by atoms with Crippen molar-refractivity contribution in [1.29, 1.82) is 0 Å². The minimum atomic E-state index is -0.664. The van der Waals surface area contributed by atoms with Crippen LogP contribution in [0.1, 0.15) is 10.7 Å². The van der Waals surface area contributed by atoms with Crippen LogP contribution in [-0.4, -0.2) is 23.3 Å². The molecule has 86 valence electrons. The molecule has 0 saturated heterocycles. The molecular weight excluding hydrogens is 228 g/mol. The van der Waals surface area contributed by atoms with Crippen LogP contribution in [0.4, 0.5) is 0 Å². The van der Waals surface area contributed by atoms with Crippen molar-refractivity contribution in [3.63, 3.8) is 0 Å². The lowest BCUT2D eigenvalue weighted by Gasteiger charge is -2.28. The van der Waals surface area contributed by atoms with E-state index in [2.05, 4.69) is 36.0 Å². The normalized spacial score (nSPS) is 15.4. The highest BCUT2D eigenvalue weighted by molar-refractivity contribution is 6.34. The molecule has 0 atom stereocenters. The molecule has 0 aliphatic heterocycles. The van der Waals surface area contributed by atoms with E-state index >= 15 is 0 Å². The Morgan fingerprint density at radius 2 is 1.65 bits per heavy atom. The highest BCUT2D eigenvalue weighted by atomic mass is 28.2. The number of hydrogen-bond donors (Lipinski definition) is 0. The monoisotopic (exact) mass is 242 g/mol. The highest BCUT2D eigenvalue weighted by Crippen LogP contribution is 2.48. The van der Waals surface area contributed by atoms with E-state index in [9.17, 15) is 0 Å². The number of fused-ring (bicyclic) bond motifs is 3. The Morgan fingerprint density at radius 1 is 0.941 bits per heavy atom. The topological polar surface area (TPSA) is 18.5 Å². The van der Waals surface area contributed by atoms with Gasteiger partial charge in [-0.3, -0.25) is 0 Å². The minimum absolute atomic E-state index is 0.0900. The van der Waals surface area contributed by atoms with Gasteiger partial charge in [-0.15, -0.1) is 0 Å². The Bertz CT molecular complexity index is 514. The van der Waals surface area contributed by atoms with Crippen molar-refractivity contribution >= 4 is 9.12 Å². The van der Waals surface area contributed by atoms with E-state index < -0.39 is 5.79 Å². The molecule has 0 saturated carbocycles. The summed E-state index contributed by atoms with van der Waals surface area (Å²) < 4.78 is 11.5. The summed E-state index contributed by atoms with van der Waals surface area (Å²) in [4.78, 5) is 0. The summed E-state index contributed by atoms with van der Waals surface area (Å²) in [6, 6.07) is 12.6. The Balaban J connectivity index is 2.38. The van der Waals surface area contributed by atoms with Crippen LogP contribution in [0.3, 0.4) is 0 Å². The van der Waals surface area contributed by atoms with Gasteiger partial charge in [-0.25, -0.2) is 0 Å². The molecule has 0 unspecified atom stereocenters. The Kier molecular flexibility index (Phi) is 2.47. The second kappa shape index (κ2) is 3.87. The van der Waals surface area contributed by atoms with Crippen LogP contribution >= 0.6 is 0 Å². The van der Waals surface area contributed by atoms with Crippen LogP contribution in [0.25, 0.3) is 11.1 Å². The van der Waals surface area contributed by atoms with Gasteiger partial charge in [0.05, 0.1) is 0 Å². The van der Waals surface area contributed by atoms with Gasteiger partial charge in [0, 0.05) is 34.1 Å². The molecule has 1 aliphatic carbocycles. The maximum atomic E-state index is 5.73. The third-order valence-corrected chi connectivity index (χ3v) is 4.87. The summed E-state index contributed by atoms with van der Waals surface area (Å²) in [6.45, 7) is 0. The molecule has 2 nitrogen and oxygen atoms in total. The molecule has 2 aromatic rings. The van der Waals surface area contributed by atoms with Gasteiger partial charge in [-0.1, -0.05) is 42.1 Å². The Hall–Kier alpha value is -1.29. The number of benzene rings is 1. The van der Waals surface area contributed by atoms with Crippen LogP contribution in [-0.2, 0) is 15.3 Å². The Morgan fingerprint density at radius 3 is 2.41 bits per heavy atom. The van der Waals surface area contributed by atoms with E-state index in [1.165, 1.54) is 16.3 Å². The zero-order valence-corrected chi connectivity index (χ0v) is 11.1. The van der Waals surface area contributed by atoms with Gasteiger partial charge in [0.2, 0.25) is 5.79 Å². The lowest BCUT2D eigenvalue weighted by atomic mass is 10.1. The van der Waals surface area contributed by atoms with Crippen molar-refractivity contribution in [2.45, 2.75) is 5.79 Å². The summed E-state index contributed by atoms with van der Waals surface area (Å²) in [5.41, 5.74) is 5.87. The molecular formula is C14H14O2Si. The molecule has 1 aromatic carbocycles. The largest absolute Gasteiger partial charge is 0.346 e. The molecule has 0 amide bonds. The third-order valence-electron chi connectivity index (χ3n) is 3.43. The van der Waals surface area contributed by atoms with Crippen LogP contribution in [0.2, 0.25) is 0 Å². The standard InChI is InChI=1S/C14H14O2Si/c1-15-14(16-2)12-8-4-3-6-10(12)11-7-5-9-17-13(11)14/h3-9,17H,1-2H3. The van der Waals surface area contributed by atoms with Crippen molar-refractivity contribution in [1.82, 2.24) is 0 Å². The van der Waals surface area contributed by atoms with Gasteiger partial charge in [-0.2, -0.15) is 0 Å². The van der Waals surface area contributed by atoms with E-state index in [1.54, 1.807) is 14.2 Å². The number of hydrogen-bond acceptors (Lipinski definition) is 2. The van der Waals surface area contributed by atoms with E-state index in [0.29, 0.717) is 0 Å². The first-order chi connectivity index (χ1) is 8.33. The smallest absolute Gasteiger partial charge is 0.218 e. The van der Waals surface area contributed by atoms with Crippen molar-refractivity contribution < 1.29 is 9.47 Å². The van der Waals surface area contributed by atoms with Gasteiger partial charge in [-0.05, 0) is 11.1 Å². The molecule has 1 aliphatic rings. The van der Waals surface area contributed by atoms with Crippen LogP contribution in [0.5, 0.6) is 0 Å². The molecule has 17 heavy (non-hydrogen) atoms. The summed E-state index contributed by atoms with van der Waals surface area (Å²) in [5.74, 6) is -0.664. The molecule has 0 bridgehead atoms. The summed E-state index contributed by atoms with van der Waals surface area (Å²) in [6.07, 6.45) is 0. The SMILES string of the molecule is COC1(OC)c2ccccc2-c2ccc[siH]c21. The first-order valence-corrected chi connectivity index (χ1v) is 6.87. The summed E-state index contributed by atoms with van der Waals surface area (Å²) in [7, 11) is 3.52. The third kappa shape index (κ3) is 1.30. The van der Waals surface area contributed by atoms with Gasteiger partial charge < -0.3 is 9.47 Å². The lowest BCUT2D eigenvalue weighted by Crippen LogP contribution is -2.30. The van der Waals surface area contributed by atoms with Crippen molar-refractivity contribution in [3.05, 3.63) is 52.8 Å². The van der Waals surface area contributed by atoms with Crippen molar-refractivity contribution in [2.24, 2.45) is 0 Å². The fraction of sp³-hybridized carbons (Fsp3) is 0.214. The molecule has 0 fully saturated rings. The average Bonchev–Trinajstić information content (AvgIpc) is 2.70. The zero-order valence-electron chi connectivity index (χ0n) is 9.94. The fourth-order valence-electron chi connectivity index (χ4n) is 2.68. The van der Waals surface area contributed by atoms with Gasteiger partial charge >= 0.3 is 0 Å². The van der Waals surface area contributed by atoms with Crippen LogP contribution in [0.15, 0.2) is 42.1 Å².